The van der Waals surface area contributed by atoms with Gasteiger partial charge in [0.05, 0.1) is 5.69 Å². The number of anilines is 1. The van der Waals surface area contributed by atoms with E-state index in [-0.39, 0.29) is 11.7 Å². The van der Waals surface area contributed by atoms with Crippen molar-refractivity contribution in [3.05, 3.63) is 23.8 Å². The van der Waals surface area contributed by atoms with E-state index in [0.717, 1.165) is 19.3 Å². The summed E-state index contributed by atoms with van der Waals surface area (Å²) in [6, 6.07) is 5.04. The maximum absolute atomic E-state index is 12.0. The number of nitrogens with one attached hydrogen (secondary N) is 1. The number of hydrogen-bond acceptors (Lipinski definition) is 4. The van der Waals surface area contributed by atoms with E-state index in [4.69, 9.17) is 15.7 Å². The van der Waals surface area contributed by atoms with Crippen molar-refractivity contribution >= 4 is 17.4 Å². The highest BCUT2D eigenvalue weighted by Crippen LogP contribution is 2.31. The standard InChI is InChI=1S/C14H19N3O3/c1-2-3-4-5-12-14(18)16-10-8-9(13(15)17-19)6-7-11(10)20-12/h6-8,12,19H,2-5H2,1H3,(H2,15,17)(H,16,18). The van der Waals surface area contributed by atoms with Crippen LogP contribution in [0.1, 0.15) is 38.2 Å². The predicted octanol–water partition coefficient (Wildman–Crippen LogP) is 2.06. The van der Waals surface area contributed by atoms with Crippen LogP contribution in [0.4, 0.5) is 5.69 Å². The zero-order valence-corrected chi connectivity index (χ0v) is 11.4. The first kappa shape index (κ1) is 14.2. The lowest BCUT2D eigenvalue weighted by Crippen LogP contribution is -2.37. The molecular weight excluding hydrogens is 258 g/mol. The number of carbonyl (C=O) groups is 1. The van der Waals surface area contributed by atoms with E-state index in [1.54, 1.807) is 18.2 Å². The van der Waals surface area contributed by atoms with E-state index in [1.165, 1.54) is 0 Å². The van der Waals surface area contributed by atoms with Crippen LogP contribution in [0.15, 0.2) is 23.4 Å². The van der Waals surface area contributed by atoms with Gasteiger partial charge in [0.2, 0.25) is 0 Å². The second-order valence-corrected chi connectivity index (χ2v) is 4.79. The molecule has 20 heavy (non-hydrogen) atoms. The summed E-state index contributed by atoms with van der Waals surface area (Å²) in [5.41, 5.74) is 6.59. The van der Waals surface area contributed by atoms with Crippen molar-refractivity contribution in [2.45, 2.75) is 38.7 Å². The summed E-state index contributed by atoms with van der Waals surface area (Å²) in [7, 11) is 0. The SMILES string of the molecule is CCCCCC1Oc2ccc(C(N)=NO)cc2NC1=O. The Labute approximate surface area is 117 Å². The Hall–Kier alpha value is -2.24. The molecule has 0 saturated heterocycles. The summed E-state index contributed by atoms with van der Waals surface area (Å²) in [6.07, 6.45) is 3.42. The quantitative estimate of drug-likeness (QED) is 0.252. The molecule has 4 N–H and O–H groups in total. The number of nitrogens with zero attached hydrogens (tertiary/aromatic N) is 1. The summed E-state index contributed by atoms with van der Waals surface area (Å²) >= 11 is 0. The first-order valence-electron chi connectivity index (χ1n) is 6.75. The summed E-state index contributed by atoms with van der Waals surface area (Å²) < 4.78 is 5.70. The van der Waals surface area contributed by atoms with Gasteiger partial charge in [-0.25, -0.2) is 0 Å². The minimum atomic E-state index is -0.441. The monoisotopic (exact) mass is 277 g/mol. The average Bonchev–Trinajstić information content (AvgIpc) is 2.46. The smallest absolute Gasteiger partial charge is 0.265 e. The molecule has 0 bridgehead atoms. The highest BCUT2D eigenvalue weighted by molar-refractivity contribution is 6.02. The van der Waals surface area contributed by atoms with Crippen molar-refractivity contribution < 1.29 is 14.7 Å². The van der Waals surface area contributed by atoms with Crippen LogP contribution in [0, 0.1) is 0 Å². The molecule has 1 aliphatic heterocycles. The normalized spacial score (nSPS) is 18.1. The van der Waals surface area contributed by atoms with Crippen molar-refractivity contribution in [1.29, 1.82) is 0 Å². The number of nitrogens with two attached hydrogens (primary N) is 1. The van der Waals surface area contributed by atoms with Crippen LogP contribution in [-0.2, 0) is 4.79 Å². The molecule has 1 amide bonds. The Kier molecular flexibility index (Phi) is 4.45. The summed E-state index contributed by atoms with van der Waals surface area (Å²) in [5, 5.41) is 14.4. The Bertz CT molecular complexity index is 528. The lowest BCUT2D eigenvalue weighted by atomic mass is 10.1. The van der Waals surface area contributed by atoms with Gasteiger partial charge in [0.1, 0.15) is 5.75 Å². The van der Waals surface area contributed by atoms with Crippen molar-refractivity contribution in [3.63, 3.8) is 0 Å². The van der Waals surface area contributed by atoms with Gasteiger partial charge in [-0.05, 0) is 31.0 Å². The van der Waals surface area contributed by atoms with Crippen molar-refractivity contribution in [2.75, 3.05) is 5.32 Å². The number of rotatable bonds is 5. The summed E-state index contributed by atoms with van der Waals surface area (Å²) in [4.78, 5) is 12.0. The number of hydrogen-bond donors (Lipinski definition) is 3. The topological polar surface area (TPSA) is 96.9 Å². The van der Waals surface area contributed by atoms with Gasteiger partial charge in [-0.15, -0.1) is 0 Å². The molecule has 0 aromatic heterocycles. The van der Waals surface area contributed by atoms with Crippen LogP contribution in [-0.4, -0.2) is 23.1 Å². The molecule has 1 unspecified atom stereocenters. The fraction of sp³-hybridized carbons (Fsp3) is 0.429. The van der Waals surface area contributed by atoms with Gasteiger partial charge in [-0.3, -0.25) is 4.79 Å². The molecule has 0 saturated carbocycles. The summed E-state index contributed by atoms with van der Waals surface area (Å²) in [5.74, 6) is 0.456. The van der Waals surface area contributed by atoms with E-state index in [2.05, 4.69) is 17.4 Å². The first-order valence-corrected chi connectivity index (χ1v) is 6.75. The number of oxime groups is 1. The third-order valence-electron chi connectivity index (χ3n) is 3.27. The molecular formula is C14H19N3O3. The lowest BCUT2D eigenvalue weighted by molar-refractivity contribution is -0.123. The maximum atomic E-state index is 12.0. The Morgan fingerprint density at radius 1 is 1.50 bits per heavy atom. The molecule has 108 valence electrons. The van der Waals surface area contributed by atoms with Crippen LogP contribution in [0.3, 0.4) is 0 Å². The highest BCUT2D eigenvalue weighted by atomic mass is 16.5. The van der Waals surface area contributed by atoms with Crippen LogP contribution in [0.25, 0.3) is 0 Å². The summed E-state index contributed by atoms with van der Waals surface area (Å²) in [6.45, 7) is 2.12. The van der Waals surface area contributed by atoms with Crippen molar-refractivity contribution in [3.8, 4) is 5.75 Å². The van der Waals surface area contributed by atoms with E-state index < -0.39 is 6.10 Å². The number of benzene rings is 1. The molecule has 1 aliphatic rings. The molecule has 0 fully saturated rings. The van der Waals surface area contributed by atoms with Crippen LogP contribution in [0.5, 0.6) is 5.75 Å². The zero-order chi connectivity index (χ0) is 14.5. The van der Waals surface area contributed by atoms with Crippen LogP contribution >= 0.6 is 0 Å². The fourth-order valence-electron chi connectivity index (χ4n) is 2.14. The van der Waals surface area contributed by atoms with E-state index in [0.29, 0.717) is 23.4 Å². The van der Waals surface area contributed by atoms with Gasteiger partial charge in [-0.1, -0.05) is 24.9 Å². The highest BCUT2D eigenvalue weighted by Gasteiger charge is 2.27. The Morgan fingerprint density at radius 3 is 3.00 bits per heavy atom. The van der Waals surface area contributed by atoms with Gasteiger partial charge in [0, 0.05) is 5.56 Å². The van der Waals surface area contributed by atoms with E-state index >= 15 is 0 Å². The van der Waals surface area contributed by atoms with Gasteiger partial charge in [-0.2, -0.15) is 0 Å². The van der Waals surface area contributed by atoms with E-state index in [1.807, 2.05) is 0 Å². The minimum absolute atomic E-state index is 0.00730. The molecule has 1 aromatic rings. The molecule has 0 radical (unpaired) electrons. The number of fused-ring (bicyclic) bond motifs is 1. The van der Waals surface area contributed by atoms with Gasteiger partial charge in [0.25, 0.3) is 5.91 Å². The minimum Gasteiger partial charge on any atom is -0.478 e. The third kappa shape index (κ3) is 3.01. The van der Waals surface area contributed by atoms with Crippen LogP contribution in [0.2, 0.25) is 0 Å². The lowest BCUT2D eigenvalue weighted by Gasteiger charge is -2.26. The second-order valence-electron chi connectivity index (χ2n) is 4.79. The first-order chi connectivity index (χ1) is 9.65. The number of amidine groups is 1. The van der Waals surface area contributed by atoms with Gasteiger partial charge in [0.15, 0.2) is 11.9 Å². The number of amides is 1. The second kappa shape index (κ2) is 6.27. The maximum Gasteiger partial charge on any atom is 0.265 e. The molecule has 1 atom stereocenters. The molecule has 0 aliphatic carbocycles. The molecule has 6 nitrogen and oxygen atoms in total. The van der Waals surface area contributed by atoms with Crippen molar-refractivity contribution in [2.24, 2.45) is 10.9 Å². The number of carbonyl (C=O) groups excluding carboxylic acids is 1. The molecule has 2 rings (SSSR count). The van der Waals surface area contributed by atoms with Crippen LogP contribution < -0.4 is 15.8 Å². The largest absolute Gasteiger partial charge is 0.478 e. The van der Waals surface area contributed by atoms with Gasteiger partial charge < -0.3 is 21.0 Å². The number of ether oxygens (including phenoxy) is 1. The van der Waals surface area contributed by atoms with Crippen molar-refractivity contribution in [1.82, 2.24) is 0 Å². The Morgan fingerprint density at radius 2 is 2.30 bits per heavy atom. The fourth-order valence-corrected chi connectivity index (χ4v) is 2.14. The molecule has 6 heteroatoms. The van der Waals surface area contributed by atoms with E-state index in [9.17, 15) is 4.79 Å². The predicted molar refractivity (Wildman–Crippen MR) is 76.1 cm³/mol. The molecule has 0 spiro atoms. The average molecular weight is 277 g/mol. The number of unbranched alkanes of at least 4 members (excludes halogenated alkanes) is 2. The Balaban J connectivity index is 2.13. The zero-order valence-electron chi connectivity index (χ0n) is 11.4. The molecule has 1 heterocycles. The van der Waals surface area contributed by atoms with Gasteiger partial charge >= 0.3 is 0 Å². The third-order valence-corrected chi connectivity index (χ3v) is 3.27. The molecule has 1 aromatic carbocycles.